The average molecular weight is 325 g/mol. The Morgan fingerprint density at radius 2 is 1.86 bits per heavy atom. The van der Waals surface area contributed by atoms with E-state index in [1.165, 1.54) is 23.9 Å². The standard InChI is InChI=1S/C13H10F3N5S/c1-22-12-9(6-17)11(21-18)19-10(20-12)7-2-4-8(5-3-7)13(14,15)16/h2-5H,18H2,1H3,(H,19,20,21). The van der Waals surface area contributed by atoms with Gasteiger partial charge in [-0.15, -0.1) is 11.8 Å². The van der Waals surface area contributed by atoms with Crippen LogP contribution in [0.1, 0.15) is 11.1 Å². The van der Waals surface area contributed by atoms with Crippen molar-refractivity contribution < 1.29 is 13.2 Å². The SMILES string of the molecule is CSc1nc(-c2ccc(C(F)(F)F)cc2)nc(NN)c1C#N. The molecule has 0 unspecified atom stereocenters. The monoisotopic (exact) mass is 325 g/mol. The van der Waals surface area contributed by atoms with E-state index >= 15 is 0 Å². The molecule has 0 fully saturated rings. The number of hydrogen-bond acceptors (Lipinski definition) is 6. The third kappa shape index (κ3) is 3.13. The van der Waals surface area contributed by atoms with E-state index in [1.54, 1.807) is 6.26 Å². The van der Waals surface area contributed by atoms with E-state index in [2.05, 4.69) is 15.4 Å². The van der Waals surface area contributed by atoms with E-state index in [4.69, 9.17) is 11.1 Å². The normalized spacial score (nSPS) is 11.1. The maximum Gasteiger partial charge on any atom is 0.416 e. The fourth-order valence-electron chi connectivity index (χ4n) is 1.73. The molecule has 114 valence electrons. The number of hydrogen-bond donors (Lipinski definition) is 2. The Bertz CT molecular complexity index is 697. The van der Waals surface area contributed by atoms with Crippen LogP contribution in [0.5, 0.6) is 0 Å². The minimum atomic E-state index is -4.40. The molecule has 0 bridgehead atoms. The number of nitrogens with two attached hydrogens (primary N) is 1. The summed E-state index contributed by atoms with van der Waals surface area (Å²) in [5, 5.41) is 9.47. The molecule has 3 N–H and O–H groups in total. The third-order valence-electron chi connectivity index (χ3n) is 2.79. The number of benzene rings is 1. The van der Waals surface area contributed by atoms with Gasteiger partial charge in [-0.1, -0.05) is 12.1 Å². The van der Waals surface area contributed by atoms with Crippen molar-refractivity contribution >= 4 is 17.6 Å². The van der Waals surface area contributed by atoms with Crippen LogP contribution in [-0.4, -0.2) is 16.2 Å². The van der Waals surface area contributed by atoms with Crippen LogP contribution >= 0.6 is 11.8 Å². The van der Waals surface area contributed by atoms with Crippen LogP contribution in [0.25, 0.3) is 11.4 Å². The number of anilines is 1. The Balaban J connectivity index is 2.51. The van der Waals surface area contributed by atoms with Crippen LogP contribution < -0.4 is 11.3 Å². The van der Waals surface area contributed by atoms with E-state index < -0.39 is 11.7 Å². The highest BCUT2D eigenvalue weighted by molar-refractivity contribution is 7.98. The van der Waals surface area contributed by atoms with E-state index in [1.807, 2.05) is 6.07 Å². The number of aromatic nitrogens is 2. The number of hydrazine groups is 1. The number of nitrogens with zero attached hydrogens (tertiary/aromatic N) is 3. The quantitative estimate of drug-likeness (QED) is 0.390. The van der Waals surface area contributed by atoms with Gasteiger partial charge >= 0.3 is 6.18 Å². The minimum Gasteiger partial charge on any atom is -0.307 e. The molecule has 2 aromatic rings. The smallest absolute Gasteiger partial charge is 0.307 e. The summed E-state index contributed by atoms with van der Waals surface area (Å²) in [6.45, 7) is 0. The Labute approximate surface area is 128 Å². The Hall–Kier alpha value is -2.31. The van der Waals surface area contributed by atoms with Crippen molar-refractivity contribution in [2.75, 3.05) is 11.7 Å². The van der Waals surface area contributed by atoms with E-state index in [9.17, 15) is 13.2 Å². The summed E-state index contributed by atoms with van der Waals surface area (Å²) in [5.74, 6) is 5.64. The summed E-state index contributed by atoms with van der Waals surface area (Å²) in [4.78, 5) is 8.25. The van der Waals surface area contributed by atoms with E-state index in [0.717, 1.165) is 12.1 Å². The number of nitrogens with one attached hydrogen (secondary N) is 1. The summed E-state index contributed by atoms with van der Waals surface area (Å²) < 4.78 is 37.7. The molecule has 0 saturated heterocycles. The Kier molecular flexibility index (Phi) is 4.54. The fraction of sp³-hybridized carbons (Fsp3) is 0.154. The summed E-state index contributed by atoms with van der Waals surface area (Å²) in [6.07, 6.45) is -2.68. The van der Waals surface area contributed by atoms with Crippen molar-refractivity contribution in [2.24, 2.45) is 5.84 Å². The molecule has 22 heavy (non-hydrogen) atoms. The number of alkyl halides is 3. The predicted octanol–water partition coefficient (Wildman–Crippen LogP) is 3.04. The van der Waals surface area contributed by atoms with Gasteiger partial charge in [0, 0.05) is 5.56 Å². The number of nitrogen functional groups attached to an aromatic ring is 1. The van der Waals surface area contributed by atoms with Crippen molar-refractivity contribution in [2.45, 2.75) is 11.2 Å². The number of thioether (sulfide) groups is 1. The zero-order valence-electron chi connectivity index (χ0n) is 11.3. The molecule has 0 aliphatic carbocycles. The molecule has 5 nitrogen and oxygen atoms in total. The van der Waals surface area contributed by atoms with E-state index in [0.29, 0.717) is 10.6 Å². The van der Waals surface area contributed by atoms with Gasteiger partial charge in [0.2, 0.25) is 0 Å². The van der Waals surface area contributed by atoms with Crippen molar-refractivity contribution in [3.63, 3.8) is 0 Å². The number of rotatable bonds is 3. The molecule has 0 radical (unpaired) electrons. The molecule has 0 saturated carbocycles. The second kappa shape index (κ2) is 6.21. The molecule has 2 rings (SSSR count). The maximum atomic E-state index is 12.6. The van der Waals surface area contributed by atoms with Gasteiger partial charge in [-0.2, -0.15) is 18.4 Å². The van der Waals surface area contributed by atoms with Gasteiger partial charge in [0.05, 0.1) is 5.56 Å². The largest absolute Gasteiger partial charge is 0.416 e. The number of halogens is 3. The van der Waals surface area contributed by atoms with Crippen molar-refractivity contribution in [1.29, 1.82) is 5.26 Å². The lowest BCUT2D eigenvalue weighted by atomic mass is 10.1. The summed E-state index contributed by atoms with van der Waals surface area (Å²) in [6, 6.07) is 6.38. The summed E-state index contributed by atoms with van der Waals surface area (Å²) >= 11 is 1.22. The molecule has 0 aliphatic rings. The summed E-state index contributed by atoms with van der Waals surface area (Å²) in [7, 11) is 0. The van der Waals surface area contributed by atoms with E-state index in [-0.39, 0.29) is 17.2 Å². The average Bonchev–Trinajstić information content (AvgIpc) is 2.52. The second-order valence-electron chi connectivity index (χ2n) is 4.11. The second-order valence-corrected chi connectivity index (χ2v) is 4.91. The Morgan fingerprint density at radius 3 is 2.32 bits per heavy atom. The molecule has 0 amide bonds. The minimum absolute atomic E-state index is 0.122. The molecule has 0 aliphatic heterocycles. The van der Waals surface area contributed by atoms with Crippen LogP contribution in [0.15, 0.2) is 29.3 Å². The van der Waals surface area contributed by atoms with Gasteiger partial charge in [-0.3, -0.25) is 0 Å². The topological polar surface area (TPSA) is 87.6 Å². The first-order valence-electron chi connectivity index (χ1n) is 5.91. The van der Waals surface area contributed by atoms with Gasteiger partial charge in [-0.25, -0.2) is 15.8 Å². The van der Waals surface area contributed by atoms with Crippen LogP contribution in [0, 0.1) is 11.3 Å². The van der Waals surface area contributed by atoms with Gasteiger partial charge < -0.3 is 5.43 Å². The molecular weight excluding hydrogens is 315 g/mol. The highest BCUT2D eigenvalue weighted by Crippen LogP contribution is 2.31. The zero-order valence-corrected chi connectivity index (χ0v) is 12.1. The molecule has 1 heterocycles. The third-order valence-corrected chi connectivity index (χ3v) is 3.47. The molecule has 0 atom stereocenters. The van der Waals surface area contributed by atoms with Gasteiger partial charge in [0.15, 0.2) is 11.6 Å². The molecule has 0 spiro atoms. The fourth-order valence-corrected chi connectivity index (χ4v) is 2.25. The maximum absolute atomic E-state index is 12.6. The first-order chi connectivity index (χ1) is 10.4. The van der Waals surface area contributed by atoms with Crippen LogP contribution in [-0.2, 0) is 6.18 Å². The van der Waals surface area contributed by atoms with Crippen molar-refractivity contribution in [3.05, 3.63) is 35.4 Å². The lowest BCUT2D eigenvalue weighted by Gasteiger charge is -2.10. The first-order valence-corrected chi connectivity index (χ1v) is 7.13. The molecule has 1 aromatic heterocycles. The highest BCUT2D eigenvalue weighted by Gasteiger charge is 2.30. The molecular formula is C13H10F3N5S. The molecule has 1 aromatic carbocycles. The van der Waals surface area contributed by atoms with Gasteiger partial charge in [0.1, 0.15) is 16.7 Å². The van der Waals surface area contributed by atoms with Crippen molar-refractivity contribution in [3.8, 4) is 17.5 Å². The van der Waals surface area contributed by atoms with Gasteiger partial charge in [-0.05, 0) is 18.4 Å². The lowest BCUT2D eigenvalue weighted by molar-refractivity contribution is -0.137. The highest BCUT2D eigenvalue weighted by atomic mass is 32.2. The number of nitriles is 1. The van der Waals surface area contributed by atoms with Crippen LogP contribution in [0.2, 0.25) is 0 Å². The lowest BCUT2D eigenvalue weighted by Crippen LogP contribution is -2.12. The first kappa shape index (κ1) is 16.1. The van der Waals surface area contributed by atoms with Crippen LogP contribution in [0.3, 0.4) is 0 Å². The predicted molar refractivity (Wildman–Crippen MR) is 76.8 cm³/mol. The zero-order chi connectivity index (χ0) is 16.3. The van der Waals surface area contributed by atoms with Crippen LogP contribution in [0.4, 0.5) is 19.0 Å². The van der Waals surface area contributed by atoms with Gasteiger partial charge in [0.25, 0.3) is 0 Å². The molecule has 9 heteroatoms. The summed E-state index contributed by atoms with van der Waals surface area (Å²) in [5.41, 5.74) is 2.12. The Morgan fingerprint density at radius 1 is 1.23 bits per heavy atom. The van der Waals surface area contributed by atoms with Crippen molar-refractivity contribution in [1.82, 2.24) is 9.97 Å².